The second kappa shape index (κ2) is 7.94. The zero-order valence-electron chi connectivity index (χ0n) is 17.9. The number of imide groups is 1. The molecule has 7 nitrogen and oxygen atoms in total. The zero-order valence-corrected chi connectivity index (χ0v) is 18.7. The molecule has 0 radical (unpaired) electrons. The Morgan fingerprint density at radius 3 is 2.62 bits per heavy atom. The average Bonchev–Trinajstić information content (AvgIpc) is 3.23. The maximum absolute atomic E-state index is 13.3. The van der Waals surface area contributed by atoms with Crippen molar-refractivity contribution in [2.45, 2.75) is 32.4 Å². The monoisotopic (exact) mass is 449 g/mol. The summed E-state index contributed by atoms with van der Waals surface area (Å²) in [6, 6.07) is 13.0. The van der Waals surface area contributed by atoms with Gasteiger partial charge in [-0.1, -0.05) is 35.9 Å². The molecule has 5 rings (SSSR count). The van der Waals surface area contributed by atoms with Crippen LogP contribution in [0.2, 0.25) is 0 Å². The molecular formula is C24H23N3O4S. The smallest absolute Gasteiger partial charge is 0.325 e. The molecule has 0 aliphatic carbocycles. The van der Waals surface area contributed by atoms with Gasteiger partial charge >= 0.3 is 6.03 Å². The van der Waals surface area contributed by atoms with E-state index in [9.17, 15) is 9.59 Å². The van der Waals surface area contributed by atoms with Crippen LogP contribution in [-0.4, -0.2) is 35.0 Å². The lowest BCUT2D eigenvalue weighted by Crippen LogP contribution is -2.40. The highest BCUT2D eigenvalue weighted by molar-refractivity contribution is 7.13. The van der Waals surface area contributed by atoms with Gasteiger partial charge in [-0.05, 0) is 31.5 Å². The second-order valence-electron chi connectivity index (χ2n) is 8.17. The van der Waals surface area contributed by atoms with Gasteiger partial charge in [-0.15, -0.1) is 11.3 Å². The first-order chi connectivity index (χ1) is 15.4. The molecule has 1 aromatic heterocycles. The number of aromatic nitrogens is 1. The number of thiazole rings is 1. The van der Waals surface area contributed by atoms with Gasteiger partial charge in [0.05, 0.1) is 25.5 Å². The molecule has 2 aromatic carbocycles. The SMILES string of the molecule is Cc1ccc(-c2nc(CN3C(=O)NC(C)(c4ccc5c(c4)OCCCO5)C3=O)cs2)cc1. The molecule has 1 atom stereocenters. The number of benzene rings is 2. The standard InChI is InChI=1S/C24H23N3O4S/c1-15-4-6-16(7-5-15)21-25-18(14-32-21)13-27-22(28)24(2,26-23(27)29)17-8-9-19-20(12-17)31-11-3-10-30-19/h4-9,12,14H,3,10-11,13H2,1-2H3,(H,26,29). The summed E-state index contributed by atoms with van der Waals surface area (Å²) in [5.74, 6) is 0.917. The zero-order chi connectivity index (χ0) is 22.3. The number of fused-ring (bicyclic) bond motifs is 1. The molecule has 8 heteroatoms. The van der Waals surface area contributed by atoms with Crippen molar-refractivity contribution in [2.75, 3.05) is 13.2 Å². The highest BCUT2D eigenvalue weighted by atomic mass is 32.1. The van der Waals surface area contributed by atoms with Gasteiger partial charge < -0.3 is 14.8 Å². The average molecular weight is 450 g/mol. The second-order valence-corrected chi connectivity index (χ2v) is 9.03. The van der Waals surface area contributed by atoms with Gasteiger partial charge in [-0.25, -0.2) is 9.78 Å². The minimum Gasteiger partial charge on any atom is -0.490 e. The van der Waals surface area contributed by atoms with Crippen LogP contribution in [0.5, 0.6) is 11.5 Å². The fourth-order valence-corrected chi connectivity index (χ4v) is 4.70. The molecule has 0 spiro atoms. The Balaban J connectivity index is 1.37. The molecule has 32 heavy (non-hydrogen) atoms. The maximum atomic E-state index is 13.3. The Morgan fingerprint density at radius 1 is 1.09 bits per heavy atom. The van der Waals surface area contributed by atoms with E-state index in [4.69, 9.17) is 9.47 Å². The van der Waals surface area contributed by atoms with Crippen LogP contribution >= 0.6 is 11.3 Å². The number of carbonyl (C=O) groups excluding carboxylic acids is 2. The van der Waals surface area contributed by atoms with Crippen molar-refractivity contribution in [3.05, 3.63) is 64.7 Å². The first-order valence-electron chi connectivity index (χ1n) is 10.5. The minimum absolute atomic E-state index is 0.118. The molecule has 164 valence electrons. The number of rotatable bonds is 4. The quantitative estimate of drug-likeness (QED) is 0.603. The number of carbonyl (C=O) groups is 2. The Morgan fingerprint density at radius 2 is 1.84 bits per heavy atom. The van der Waals surface area contributed by atoms with Crippen molar-refractivity contribution in [3.63, 3.8) is 0 Å². The van der Waals surface area contributed by atoms with Crippen LogP contribution in [0.15, 0.2) is 47.8 Å². The Hall–Kier alpha value is -3.39. The van der Waals surface area contributed by atoms with E-state index in [2.05, 4.69) is 10.3 Å². The number of hydrogen-bond acceptors (Lipinski definition) is 6. The number of ether oxygens (including phenoxy) is 2. The van der Waals surface area contributed by atoms with Crippen molar-refractivity contribution >= 4 is 23.3 Å². The number of amides is 3. The van der Waals surface area contributed by atoms with Gasteiger partial charge in [0.25, 0.3) is 5.91 Å². The number of aryl methyl sites for hydroxylation is 1. The third-order valence-corrected chi connectivity index (χ3v) is 6.71. The third kappa shape index (κ3) is 3.60. The van der Waals surface area contributed by atoms with Gasteiger partial charge in [-0.3, -0.25) is 9.69 Å². The van der Waals surface area contributed by atoms with E-state index in [1.807, 2.05) is 36.6 Å². The predicted molar refractivity (Wildman–Crippen MR) is 121 cm³/mol. The summed E-state index contributed by atoms with van der Waals surface area (Å²) >= 11 is 1.50. The molecule has 1 saturated heterocycles. The van der Waals surface area contributed by atoms with E-state index in [1.165, 1.54) is 21.8 Å². The van der Waals surface area contributed by atoms with Gasteiger partial charge in [0, 0.05) is 17.4 Å². The van der Waals surface area contributed by atoms with Crippen LogP contribution in [0.25, 0.3) is 10.6 Å². The Kier molecular flexibility index (Phi) is 5.09. The summed E-state index contributed by atoms with van der Waals surface area (Å²) in [6.07, 6.45) is 0.795. The lowest BCUT2D eigenvalue weighted by molar-refractivity contribution is -0.131. The summed E-state index contributed by atoms with van der Waals surface area (Å²) in [6.45, 7) is 5.01. The van der Waals surface area contributed by atoms with E-state index in [-0.39, 0.29) is 12.5 Å². The summed E-state index contributed by atoms with van der Waals surface area (Å²) in [7, 11) is 0. The molecule has 2 aliphatic rings. The third-order valence-electron chi connectivity index (χ3n) is 5.77. The normalized spacial score (nSPS) is 20.2. The minimum atomic E-state index is -1.18. The molecule has 0 saturated carbocycles. The van der Waals surface area contributed by atoms with Crippen LogP contribution < -0.4 is 14.8 Å². The molecular weight excluding hydrogens is 426 g/mol. The van der Waals surface area contributed by atoms with E-state index < -0.39 is 11.6 Å². The highest BCUT2D eigenvalue weighted by Crippen LogP contribution is 2.37. The van der Waals surface area contributed by atoms with Crippen LogP contribution in [0.4, 0.5) is 4.79 Å². The molecule has 1 fully saturated rings. The fourth-order valence-electron chi connectivity index (χ4n) is 3.88. The summed E-state index contributed by atoms with van der Waals surface area (Å²) in [5, 5.41) is 5.60. The Bertz CT molecular complexity index is 1190. The first kappa shape index (κ1) is 20.5. The molecule has 3 amide bonds. The largest absolute Gasteiger partial charge is 0.490 e. The number of nitrogens with zero attached hydrogens (tertiary/aromatic N) is 2. The summed E-state index contributed by atoms with van der Waals surface area (Å²) < 4.78 is 11.4. The predicted octanol–water partition coefficient (Wildman–Crippen LogP) is 4.25. The van der Waals surface area contributed by atoms with Crippen LogP contribution in [0.1, 0.15) is 30.2 Å². The van der Waals surface area contributed by atoms with E-state index in [0.717, 1.165) is 17.0 Å². The van der Waals surface area contributed by atoms with E-state index >= 15 is 0 Å². The number of urea groups is 1. The Labute approximate surface area is 190 Å². The van der Waals surface area contributed by atoms with E-state index in [1.54, 1.807) is 25.1 Å². The van der Waals surface area contributed by atoms with Crippen molar-refractivity contribution in [3.8, 4) is 22.1 Å². The van der Waals surface area contributed by atoms with Gasteiger partial charge in [0.1, 0.15) is 10.5 Å². The number of nitrogens with one attached hydrogen (secondary N) is 1. The first-order valence-corrected chi connectivity index (χ1v) is 11.4. The van der Waals surface area contributed by atoms with Gasteiger partial charge in [0.15, 0.2) is 11.5 Å². The van der Waals surface area contributed by atoms with Gasteiger partial charge in [-0.2, -0.15) is 0 Å². The van der Waals surface area contributed by atoms with Crippen molar-refractivity contribution in [2.24, 2.45) is 0 Å². The molecule has 2 aliphatic heterocycles. The highest BCUT2D eigenvalue weighted by Gasteiger charge is 2.49. The van der Waals surface area contributed by atoms with Crippen molar-refractivity contribution < 1.29 is 19.1 Å². The lowest BCUT2D eigenvalue weighted by Gasteiger charge is -2.23. The van der Waals surface area contributed by atoms with Crippen LogP contribution in [0, 0.1) is 6.92 Å². The maximum Gasteiger partial charge on any atom is 0.325 e. The molecule has 1 unspecified atom stereocenters. The molecule has 1 N–H and O–H groups in total. The van der Waals surface area contributed by atoms with E-state index in [0.29, 0.717) is 36.0 Å². The summed E-state index contributed by atoms with van der Waals surface area (Å²) in [4.78, 5) is 31.9. The fraction of sp³-hybridized carbons (Fsp3) is 0.292. The topological polar surface area (TPSA) is 80.8 Å². The van der Waals surface area contributed by atoms with Crippen LogP contribution in [0.3, 0.4) is 0 Å². The lowest BCUT2D eigenvalue weighted by atomic mass is 9.91. The summed E-state index contributed by atoms with van der Waals surface area (Å²) in [5.41, 5.74) is 2.34. The number of hydrogen-bond donors (Lipinski definition) is 1. The van der Waals surface area contributed by atoms with Crippen molar-refractivity contribution in [1.82, 2.24) is 15.2 Å². The molecule has 0 bridgehead atoms. The van der Waals surface area contributed by atoms with Crippen LogP contribution in [-0.2, 0) is 16.9 Å². The van der Waals surface area contributed by atoms with Crippen molar-refractivity contribution in [1.29, 1.82) is 0 Å². The van der Waals surface area contributed by atoms with Gasteiger partial charge in [0.2, 0.25) is 0 Å². The molecule has 3 heterocycles. The molecule has 3 aromatic rings.